The number of imidazole rings is 1. The highest BCUT2D eigenvalue weighted by molar-refractivity contribution is 9.10. The molecule has 1 aliphatic heterocycles. The zero-order chi connectivity index (χ0) is 23.5. The van der Waals surface area contributed by atoms with Gasteiger partial charge in [0.1, 0.15) is 17.7 Å². The average molecular weight is 513 g/mol. The number of rotatable bonds is 6. The molecule has 3 aromatic rings. The fraction of sp³-hybridized carbons (Fsp3) is 0.304. The van der Waals surface area contributed by atoms with Gasteiger partial charge in [-0.15, -0.1) is 0 Å². The molecule has 8 nitrogen and oxygen atoms in total. The van der Waals surface area contributed by atoms with E-state index in [0.717, 1.165) is 21.6 Å². The van der Waals surface area contributed by atoms with E-state index in [-0.39, 0.29) is 23.9 Å². The van der Waals surface area contributed by atoms with Crippen molar-refractivity contribution >= 4 is 21.8 Å². The number of pyridine rings is 1. The summed E-state index contributed by atoms with van der Waals surface area (Å²) in [4.78, 5) is 25.0. The molecule has 0 unspecified atom stereocenters. The number of piperazine rings is 1. The second-order valence-electron chi connectivity index (χ2n) is 7.93. The molecule has 0 radical (unpaired) electrons. The Labute approximate surface area is 199 Å². The summed E-state index contributed by atoms with van der Waals surface area (Å²) in [6.45, 7) is 4.64. The van der Waals surface area contributed by atoms with Crippen LogP contribution >= 0.6 is 15.9 Å². The molecule has 10 heteroatoms. The number of nitriles is 1. The third-order valence-corrected chi connectivity index (χ3v) is 6.38. The fourth-order valence-corrected chi connectivity index (χ4v) is 4.19. The molecule has 33 heavy (non-hydrogen) atoms. The maximum Gasteiger partial charge on any atom is 0.237 e. The first kappa shape index (κ1) is 22.9. The van der Waals surface area contributed by atoms with E-state index in [2.05, 4.69) is 30.8 Å². The van der Waals surface area contributed by atoms with Crippen LogP contribution in [0, 0.1) is 24.1 Å². The van der Waals surface area contributed by atoms with E-state index in [9.17, 15) is 14.3 Å². The lowest BCUT2D eigenvalue weighted by Crippen LogP contribution is -2.49. The second-order valence-corrected chi connectivity index (χ2v) is 8.79. The third kappa shape index (κ3) is 5.21. The molecule has 0 saturated carbocycles. The van der Waals surface area contributed by atoms with Gasteiger partial charge in [0.2, 0.25) is 11.8 Å². The molecule has 1 N–H and O–H groups in total. The van der Waals surface area contributed by atoms with Crippen LogP contribution in [-0.4, -0.2) is 55.0 Å². The first-order valence-corrected chi connectivity index (χ1v) is 11.2. The Hall–Kier alpha value is -3.29. The number of amides is 1. The number of hydrogen-bond acceptors (Lipinski definition) is 6. The molecule has 0 spiro atoms. The molecule has 1 aliphatic rings. The molecule has 0 bridgehead atoms. The fourth-order valence-electron chi connectivity index (χ4n) is 3.84. The summed E-state index contributed by atoms with van der Waals surface area (Å²) < 4.78 is 16.8. The summed E-state index contributed by atoms with van der Waals surface area (Å²) in [5.41, 5.74) is 2.29. The van der Waals surface area contributed by atoms with E-state index in [1.807, 2.05) is 17.6 Å². The minimum atomic E-state index is -0.538. The van der Waals surface area contributed by atoms with E-state index in [1.54, 1.807) is 23.2 Å². The summed E-state index contributed by atoms with van der Waals surface area (Å²) in [7, 11) is 0. The van der Waals surface area contributed by atoms with Gasteiger partial charge in [-0.25, -0.2) is 14.4 Å². The number of halogens is 2. The molecule has 1 aromatic carbocycles. The normalized spacial score (nSPS) is 14.5. The molecule has 1 amide bonds. The van der Waals surface area contributed by atoms with Crippen molar-refractivity contribution < 1.29 is 14.3 Å². The minimum Gasteiger partial charge on any atom is -0.493 e. The van der Waals surface area contributed by atoms with Crippen molar-refractivity contribution in [1.29, 1.82) is 5.26 Å². The number of hydrogen-bond donors (Lipinski definition) is 1. The van der Waals surface area contributed by atoms with Gasteiger partial charge in [-0.05, 0) is 46.6 Å². The molecule has 0 atom stereocenters. The zero-order valence-electron chi connectivity index (χ0n) is 18.0. The Kier molecular flexibility index (Phi) is 6.72. The highest BCUT2D eigenvalue weighted by atomic mass is 79.9. The number of carbonyl (C=O) groups excluding carboxylic acids is 1. The predicted octanol–water partition coefficient (Wildman–Crippen LogP) is 2.96. The summed E-state index contributed by atoms with van der Waals surface area (Å²) >= 11 is 3.41. The van der Waals surface area contributed by atoms with E-state index >= 15 is 0 Å². The van der Waals surface area contributed by atoms with Crippen LogP contribution in [0.4, 0.5) is 4.39 Å². The minimum absolute atomic E-state index is 0.0183. The number of aromatic hydroxyl groups is 1. The molecule has 2 aromatic heterocycles. The zero-order valence-corrected chi connectivity index (χ0v) is 19.6. The molecule has 1 saturated heterocycles. The molecule has 4 rings (SSSR count). The van der Waals surface area contributed by atoms with Crippen LogP contribution in [0.25, 0.3) is 0 Å². The highest BCUT2D eigenvalue weighted by Gasteiger charge is 2.26. The molecule has 0 aliphatic carbocycles. The molecular formula is C23H22BrFN6O2. The Morgan fingerprint density at radius 2 is 2.03 bits per heavy atom. The van der Waals surface area contributed by atoms with Crippen molar-refractivity contribution in [2.24, 2.45) is 0 Å². The van der Waals surface area contributed by atoms with Gasteiger partial charge >= 0.3 is 0 Å². The van der Waals surface area contributed by atoms with E-state index in [0.29, 0.717) is 38.4 Å². The van der Waals surface area contributed by atoms with E-state index in [1.165, 1.54) is 18.2 Å². The Morgan fingerprint density at radius 3 is 2.76 bits per heavy atom. The average Bonchev–Trinajstić information content (AvgIpc) is 3.12. The van der Waals surface area contributed by atoms with Crippen LogP contribution in [-0.2, 0) is 24.4 Å². The number of aromatic nitrogens is 3. The lowest BCUT2D eigenvalue weighted by molar-refractivity contribution is -0.137. The highest BCUT2D eigenvalue weighted by Crippen LogP contribution is 2.21. The Morgan fingerprint density at radius 1 is 1.21 bits per heavy atom. The summed E-state index contributed by atoms with van der Waals surface area (Å²) in [5, 5.41) is 18.6. The Bertz CT molecular complexity index is 1240. The number of carbonyl (C=O) groups is 1. The molecule has 3 heterocycles. The van der Waals surface area contributed by atoms with Gasteiger partial charge in [0.15, 0.2) is 0 Å². The third-order valence-electron chi connectivity index (χ3n) is 5.66. The summed E-state index contributed by atoms with van der Waals surface area (Å²) in [6.07, 6.45) is 1.78. The maximum atomic E-state index is 14.0. The van der Waals surface area contributed by atoms with Crippen molar-refractivity contribution in [2.45, 2.75) is 26.6 Å². The van der Waals surface area contributed by atoms with E-state index < -0.39 is 5.82 Å². The second kappa shape index (κ2) is 9.68. The topological polar surface area (TPSA) is 98.3 Å². The lowest BCUT2D eigenvalue weighted by atomic mass is 10.1. The van der Waals surface area contributed by atoms with Gasteiger partial charge < -0.3 is 14.6 Å². The number of aryl methyl sites for hydroxylation is 1. The van der Waals surface area contributed by atoms with Crippen LogP contribution in [0.3, 0.4) is 0 Å². The van der Waals surface area contributed by atoms with Crippen LogP contribution in [0.2, 0.25) is 0 Å². The predicted molar refractivity (Wildman–Crippen MR) is 121 cm³/mol. The van der Waals surface area contributed by atoms with Crippen molar-refractivity contribution in [3.63, 3.8) is 0 Å². The monoisotopic (exact) mass is 512 g/mol. The van der Waals surface area contributed by atoms with Gasteiger partial charge in [-0.1, -0.05) is 6.07 Å². The smallest absolute Gasteiger partial charge is 0.237 e. The first-order valence-electron chi connectivity index (χ1n) is 10.4. The maximum absolute atomic E-state index is 14.0. The summed E-state index contributed by atoms with van der Waals surface area (Å²) in [5.74, 6) is 0.156. The van der Waals surface area contributed by atoms with Gasteiger partial charge in [0.25, 0.3) is 0 Å². The molecule has 170 valence electrons. The molecular weight excluding hydrogens is 491 g/mol. The van der Waals surface area contributed by atoms with E-state index in [4.69, 9.17) is 5.26 Å². The first-order chi connectivity index (χ1) is 15.8. The number of benzene rings is 1. The van der Waals surface area contributed by atoms with Gasteiger partial charge in [0.05, 0.1) is 30.0 Å². The lowest BCUT2D eigenvalue weighted by Gasteiger charge is -2.34. The van der Waals surface area contributed by atoms with Gasteiger partial charge in [-0.3, -0.25) is 9.69 Å². The van der Waals surface area contributed by atoms with Crippen LogP contribution in [0.15, 0.2) is 41.0 Å². The van der Waals surface area contributed by atoms with Crippen LogP contribution in [0.1, 0.15) is 28.3 Å². The molecule has 1 fully saturated rings. The van der Waals surface area contributed by atoms with Crippen molar-refractivity contribution in [3.8, 4) is 11.9 Å². The largest absolute Gasteiger partial charge is 0.493 e. The SMILES string of the molecule is Cc1ncc(CN2CCN(Cc3nc(O)ccc3Br)C(=O)C2)n1Cc1ccc(C#N)c(F)c1. The Balaban J connectivity index is 1.42. The summed E-state index contributed by atoms with van der Waals surface area (Å²) in [6, 6.07) is 9.62. The van der Waals surface area contributed by atoms with Crippen molar-refractivity contribution in [3.05, 3.63) is 75.2 Å². The van der Waals surface area contributed by atoms with Crippen molar-refractivity contribution in [1.82, 2.24) is 24.3 Å². The van der Waals surface area contributed by atoms with Crippen LogP contribution in [0.5, 0.6) is 5.88 Å². The quantitative estimate of drug-likeness (QED) is 0.545. The van der Waals surface area contributed by atoms with Crippen LogP contribution < -0.4 is 0 Å². The standard InChI is InChI=1S/C23H22BrFN6O2/c1-15-27-10-18(31(15)11-16-2-3-17(9-26)20(25)8-16)12-29-6-7-30(23(33)14-29)13-21-19(24)4-5-22(32)28-21/h2-5,8,10H,6-7,11-14H2,1H3,(H,28,32). The van der Waals surface area contributed by atoms with Gasteiger partial charge in [0, 0.05) is 42.9 Å². The number of nitrogens with zero attached hydrogens (tertiary/aromatic N) is 6. The van der Waals surface area contributed by atoms with Gasteiger partial charge in [-0.2, -0.15) is 5.26 Å². The van der Waals surface area contributed by atoms with Crippen molar-refractivity contribution in [2.75, 3.05) is 19.6 Å².